The lowest BCUT2D eigenvalue weighted by Crippen LogP contribution is -2.38. The van der Waals surface area contributed by atoms with E-state index in [1.807, 2.05) is 36.4 Å². The first-order valence-electron chi connectivity index (χ1n) is 9.24. The van der Waals surface area contributed by atoms with Crippen LogP contribution in [0.2, 0.25) is 0 Å². The van der Waals surface area contributed by atoms with E-state index in [2.05, 4.69) is 5.32 Å². The van der Waals surface area contributed by atoms with Crippen molar-refractivity contribution in [3.05, 3.63) is 95.3 Å². The SMILES string of the molecule is O=C(NCc1ccccc1F)c1ccc(CN2C(=O)COc3ccccc32)cc1. The molecule has 2 amide bonds. The van der Waals surface area contributed by atoms with E-state index in [0.717, 1.165) is 11.3 Å². The van der Waals surface area contributed by atoms with Crippen molar-refractivity contribution in [2.45, 2.75) is 13.1 Å². The number of fused-ring (bicyclic) bond motifs is 1. The summed E-state index contributed by atoms with van der Waals surface area (Å²) < 4.78 is 19.1. The van der Waals surface area contributed by atoms with Crippen LogP contribution in [0.25, 0.3) is 0 Å². The molecular formula is C23H19FN2O3. The van der Waals surface area contributed by atoms with Gasteiger partial charge >= 0.3 is 0 Å². The molecule has 0 fully saturated rings. The molecule has 0 aromatic heterocycles. The Kier molecular flexibility index (Phi) is 5.24. The molecule has 0 radical (unpaired) electrons. The van der Waals surface area contributed by atoms with Crippen molar-refractivity contribution in [2.24, 2.45) is 0 Å². The Balaban J connectivity index is 1.42. The van der Waals surface area contributed by atoms with Gasteiger partial charge in [-0.2, -0.15) is 0 Å². The second kappa shape index (κ2) is 8.14. The standard InChI is InChI=1S/C23H19FN2O3/c24-19-6-2-1-5-18(19)13-25-23(28)17-11-9-16(10-12-17)14-26-20-7-3-4-8-21(20)29-15-22(26)27/h1-12H,13-15H2,(H,25,28). The number of anilines is 1. The smallest absolute Gasteiger partial charge is 0.265 e. The maximum Gasteiger partial charge on any atom is 0.265 e. The lowest BCUT2D eigenvalue weighted by atomic mass is 10.1. The number of halogens is 1. The van der Waals surface area contributed by atoms with Crippen molar-refractivity contribution in [3.63, 3.8) is 0 Å². The molecule has 0 aliphatic carbocycles. The van der Waals surface area contributed by atoms with Crippen LogP contribution in [0.1, 0.15) is 21.5 Å². The molecule has 1 N–H and O–H groups in total. The Bertz CT molecular complexity index is 1050. The van der Waals surface area contributed by atoms with Crippen LogP contribution in [0.15, 0.2) is 72.8 Å². The number of ether oxygens (including phenoxy) is 1. The number of hydrogen-bond donors (Lipinski definition) is 1. The van der Waals surface area contributed by atoms with Gasteiger partial charge in [0.05, 0.1) is 12.2 Å². The highest BCUT2D eigenvalue weighted by atomic mass is 19.1. The summed E-state index contributed by atoms with van der Waals surface area (Å²) in [6.45, 7) is 0.510. The van der Waals surface area contributed by atoms with Crippen LogP contribution in [0.3, 0.4) is 0 Å². The number of hydrogen-bond acceptors (Lipinski definition) is 3. The Morgan fingerprint density at radius 3 is 2.52 bits per heavy atom. The third-order valence-corrected chi connectivity index (χ3v) is 4.76. The first kappa shape index (κ1) is 18.7. The van der Waals surface area contributed by atoms with Gasteiger partial charge in [0, 0.05) is 17.7 Å². The van der Waals surface area contributed by atoms with E-state index < -0.39 is 0 Å². The summed E-state index contributed by atoms with van der Waals surface area (Å²) in [6.07, 6.45) is 0. The molecule has 0 unspecified atom stereocenters. The zero-order valence-electron chi connectivity index (χ0n) is 15.6. The predicted octanol–water partition coefficient (Wildman–Crippen LogP) is 3.68. The van der Waals surface area contributed by atoms with E-state index in [-0.39, 0.29) is 30.8 Å². The Hall–Kier alpha value is -3.67. The van der Waals surface area contributed by atoms with Gasteiger partial charge in [0.25, 0.3) is 11.8 Å². The molecule has 5 nitrogen and oxygen atoms in total. The summed E-state index contributed by atoms with van der Waals surface area (Å²) in [6, 6.07) is 20.7. The topological polar surface area (TPSA) is 58.6 Å². The molecular weight excluding hydrogens is 371 g/mol. The monoisotopic (exact) mass is 390 g/mol. The van der Waals surface area contributed by atoms with Crippen molar-refractivity contribution in [3.8, 4) is 5.75 Å². The largest absolute Gasteiger partial charge is 0.482 e. The second-order valence-electron chi connectivity index (χ2n) is 6.71. The molecule has 0 spiro atoms. The summed E-state index contributed by atoms with van der Waals surface area (Å²) in [4.78, 5) is 26.3. The van der Waals surface area contributed by atoms with Gasteiger partial charge in [-0.1, -0.05) is 42.5 Å². The fourth-order valence-corrected chi connectivity index (χ4v) is 3.19. The molecule has 1 heterocycles. The maximum atomic E-state index is 13.7. The van der Waals surface area contributed by atoms with Gasteiger partial charge in [-0.15, -0.1) is 0 Å². The van der Waals surface area contributed by atoms with Crippen molar-refractivity contribution >= 4 is 17.5 Å². The third kappa shape index (κ3) is 4.11. The van der Waals surface area contributed by atoms with Gasteiger partial charge in [0.2, 0.25) is 0 Å². The van der Waals surface area contributed by atoms with E-state index >= 15 is 0 Å². The number of carbonyl (C=O) groups is 2. The number of benzene rings is 3. The van der Waals surface area contributed by atoms with Crippen LogP contribution in [0.4, 0.5) is 10.1 Å². The molecule has 0 saturated carbocycles. The van der Waals surface area contributed by atoms with Crippen LogP contribution in [0, 0.1) is 5.82 Å². The van der Waals surface area contributed by atoms with Crippen molar-refractivity contribution < 1.29 is 18.7 Å². The summed E-state index contributed by atoms with van der Waals surface area (Å²) in [5, 5.41) is 2.72. The minimum atomic E-state index is -0.349. The van der Waals surface area contributed by atoms with E-state index in [9.17, 15) is 14.0 Å². The van der Waals surface area contributed by atoms with Crippen molar-refractivity contribution in [2.75, 3.05) is 11.5 Å². The Morgan fingerprint density at radius 1 is 1.00 bits per heavy atom. The molecule has 6 heteroatoms. The molecule has 146 valence electrons. The van der Waals surface area contributed by atoms with Crippen LogP contribution < -0.4 is 15.0 Å². The lowest BCUT2D eigenvalue weighted by molar-refractivity contribution is -0.121. The average molecular weight is 390 g/mol. The number of nitrogens with one attached hydrogen (secondary N) is 1. The predicted molar refractivity (Wildman–Crippen MR) is 107 cm³/mol. The summed E-state index contributed by atoms with van der Waals surface area (Å²) in [5.41, 5.74) is 2.52. The molecule has 1 aliphatic rings. The molecule has 0 saturated heterocycles. The van der Waals surface area contributed by atoms with Crippen molar-refractivity contribution in [1.29, 1.82) is 0 Å². The Labute approximate surface area is 167 Å². The maximum absolute atomic E-state index is 13.7. The summed E-state index contributed by atoms with van der Waals surface area (Å²) >= 11 is 0. The number of amides is 2. The first-order chi connectivity index (χ1) is 14.1. The highest BCUT2D eigenvalue weighted by Crippen LogP contribution is 2.32. The minimum Gasteiger partial charge on any atom is -0.482 e. The highest BCUT2D eigenvalue weighted by molar-refractivity contribution is 5.98. The number of nitrogens with zero attached hydrogens (tertiary/aromatic N) is 1. The van der Waals surface area contributed by atoms with Crippen molar-refractivity contribution in [1.82, 2.24) is 5.32 Å². The summed E-state index contributed by atoms with van der Waals surface area (Å²) in [5.74, 6) is -0.0714. The quantitative estimate of drug-likeness (QED) is 0.723. The summed E-state index contributed by atoms with van der Waals surface area (Å²) in [7, 11) is 0. The lowest BCUT2D eigenvalue weighted by Gasteiger charge is -2.29. The molecule has 3 aromatic carbocycles. The van der Waals surface area contributed by atoms with Crippen LogP contribution in [0.5, 0.6) is 5.75 Å². The molecule has 0 atom stereocenters. The number of para-hydroxylation sites is 2. The van der Waals surface area contributed by atoms with Crippen LogP contribution >= 0.6 is 0 Å². The molecule has 29 heavy (non-hydrogen) atoms. The first-order valence-corrected chi connectivity index (χ1v) is 9.24. The van der Waals surface area contributed by atoms with Crippen LogP contribution in [-0.4, -0.2) is 18.4 Å². The highest BCUT2D eigenvalue weighted by Gasteiger charge is 2.25. The van der Waals surface area contributed by atoms with Gasteiger partial charge in [0.1, 0.15) is 11.6 Å². The van der Waals surface area contributed by atoms with Gasteiger partial charge in [-0.3, -0.25) is 9.59 Å². The van der Waals surface area contributed by atoms with Crippen LogP contribution in [-0.2, 0) is 17.9 Å². The van der Waals surface area contributed by atoms with Gasteiger partial charge < -0.3 is 15.0 Å². The number of rotatable bonds is 5. The fraction of sp³-hybridized carbons (Fsp3) is 0.130. The normalized spacial score (nSPS) is 12.9. The van der Waals surface area contributed by atoms with Gasteiger partial charge in [-0.25, -0.2) is 4.39 Å². The minimum absolute atomic E-state index is 0.00749. The van der Waals surface area contributed by atoms with Gasteiger partial charge in [0.15, 0.2) is 6.61 Å². The molecule has 0 bridgehead atoms. The van der Waals surface area contributed by atoms with E-state index in [4.69, 9.17) is 4.74 Å². The second-order valence-corrected chi connectivity index (χ2v) is 6.71. The number of carbonyl (C=O) groups excluding carboxylic acids is 2. The van der Waals surface area contributed by atoms with Gasteiger partial charge in [-0.05, 0) is 35.9 Å². The fourth-order valence-electron chi connectivity index (χ4n) is 3.19. The zero-order chi connectivity index (χ0) is 20.2. The third-order valence-electron chi connectivity index (χ3n) is 4.76. The molecule has 3 aromatic rings. The average Bonchev–Trinajstić information content (AvgIpc) is 2.75. The Morgan fingerprint density at radius 2 is 1.72 bits per heavy atom. The zero-order valence-corrected chi connectivity index (χ0v) is 15.6. The van der Waals surface area contributed by atoms with E-state index in [1.54, 1.807) is 35.2 Å². The molecule has 1 aliphatic heterocycles. The van der Waals surface area contributed by atoms with E-state index in [0.29, 0.717) is 23.4 Å². The van der Waals surface area contributed by atoms with E-state index in [1.165, 1.54) is 6.07 Å². The molecule has 4 rings (SSSR count).